The Morgan fingerprint density at radius 2 is 1.88 bits per heavy atom. The van der Waals surface area contributed by atoms with Gasteiger partial charge >= 0.3 is 0 Å². The molecule has 0 spiro atoms. The standard InChI is InChI=1S/C22H24F2N6O2.H2/c1-31-21-3-2-17(11-20(21)24)30-14-25-22(27-30)26-16-8-15(23)9-18(10-16)28-4-6-29(7-5-28)19-12-32-13-19;/h2-3,8-11,14,19H,4-7,12-13H2,1H3,(H,26,27);1H. The highest BCUT2D eigenvalue weighted by Crippen LogP contribution is 2.26. The average molecular weight is 444 g/mol. The summed E-state index contributed by atoms with van der Waals surface area (Å²) in [4.78, 5) is 8.81. The fourth-order valence-electron chi connectivity index (χ4n) is 3.98. The zero-order valence-corrected chi connectivity index (χ0v) is 17.7. The Labute approximate surface area is 185 Å². The van der Waals surface area contributed by atoms with E-state index in [0.29, 0.717) is 17.4 Å². The summed E-state index contributed by atoms with van der Waals surface area (Å²) in [5.74, 6) is -0.389. The number of nitrogens with one attached hydrogen (secondary N) is 1. The average Bonchev–Trinajstić information content (AvgIpc) is 3.21. The lowest BCUT2D eigenvalue weighted by molar-refractivity contribution is -0.0660. The van der Waals surface area contributed by atoms with Gasteiger partial charge in [0, 0.05) is 45.0 Å². The molecule has 5 rings (SSSR count). The number of methoxy groups -OCH3 is 1. The topological polar surface area (TPSA) is 67.7 Å². The number of piperazine rings is 1. The molecule has 3 heterocycles. The van der Waals surface area contributed by atoms with E-state index in [2.05, 4.69) is 25.2 Å². The quantitative estimate of drug-likeness (QED) is 0.627. The van der Waals surface area contributed by atoms with E-state index in [0.717, 1.165) is 45.1 Å². The predicted molar refractivity (Wildman–Crippen MR) is 118 cm³/mol. The van der Waals surface area contributed by atoms with Crippen LogP contribution in [0.4, 0.5) is 26.1 Å². The largest absolute Gasteiger partial charge is 0.494 e. The van der Waals surface area contributed by atoms with Crippen LogP contribution in [0.15, 0.2) is 42.7 Å². The highest BCUT2D eigenvalue weighted by atomic mass is 19.1. The van der Waals surface area contributed by atoms with Crippen LogP contribution in [0.3, 0.4) is 0 Å². The van der Waals surface area contributed by atoms with E-state index in [1.807, 2.05) is 6.07 Å². The molecule has 2 aliphatic rings. The Kier molecular flexibility index (Phi) is 5.62. The van der Waals surface area contributed by atoms with Crippen LogP contribution in [-0.2, 0) is 4.74 Å². The van der Waals surface area contributed by atoms with Crippen LogP contribution in [0.5, 0.6) is 5.75 Å². The molecule has 0 unspecified atom stereocenters. The molecule has 0 atom stereocenters. The fourth-order valence-corrected chi connectivity index (χ4v) is 3.98. The van der Waals surface area contributed by atoms with Gasteiger partial charge in [-0.25, -0.2) is 13.5 Å². The van der Waals surface area contributed by atoms with E-state index in [1.165, 1.54) is 36.3 Å². The van der Waals surface area contributed by atoms with Crippen LogP contribution >= 0.6 is 0 Å². The van der Waals surface area contributed by atoms with Crippen molar-refractivity contribution in [2.45, 2.75) is 6.04 Å². The lowest BCUT2D eigenvalue weighted by Crippen LogP contribution is -2.56. The first-order chi connectivity index (χ1) is 15.6. The summed E-state index contributed by atoms with van der Waals surface area (Å²) >= 11 is 0. The number of rotatable bonds is 6. The molecule has 1 aromatic heterocycles. The Morgan fingerprint density at radius 1 is 1.06 bits per heavy atom. The minimum absolute atomic E-state index is 0. The second-order valence-electron chi connectivity index (χ2n) is 7.87. The fraction of sp³-hybridized carbons (Fsp3) is 0.364. The minimum Gasteiger partial charge on any atom is -0.494 e. The molecule has 3 aromatic rings. The normalized spacial score (nSPS) is 17.3. The third-order valence-electron chi connectivity index (χ3n) is 5.85. The maximum Gasteiger partial charge on any atom is 0.246 e. The molecule has 0 amide bonds. The van der Waals surface area contributed by atoms with Crippen LogP contribution in [-0.4, -0.2) is 72.2 Å². The monoisotopic (exact) mass is 444 g/mol. The zero-order valence-electron chi connectivity index (χ0n) is 17.7. The van der Waals surface area contributed by atoms with Gasteiger partial charge in [-0.2, -0.15) is 4.98 Å². The molecule has 170 valence electrons. The van der Waals surface area contributed by atoms with Crippen LogP contribution in [0.25, 0.3) is 5.69 Å². The Morgan fingerprint density at radius 3 is 2.56 bits per heavy atom. The van der Waals surface area contributed by atoms with Crippen LogP contribution < -0.4 is 15.0 Å². The number of anilines is 3. The first-order valence-corrected chi connectivity index (χ1v) is 10.5. The van der Waals surface area contributed by atoms with E-state index in [4.69, 9.17) is 9.47 Å². The highest BCUT2D eigenvalue weighted by molar-refractivity contribution is 5.62. The first-order valence-electron chi connectivity index (χ1n) is 10.5. The summed E-state index contributed by atoms with van der Waals surface area (Å²) < 4.78 is 40.0. The number of nitrogens with zero attached hydrogens (tertiary/aromatic N) is 5. The van der Waals surface area contributed by atoms with Gasteiger partial charge in [-0.1, -0.05) is 0 Å². The molecule has 0 saturated carbocycles. The molecule has 2 fully saturated rings. The van der Waals surface area contributed by atoms with Gasteiger partial charge in [0.1, 0.15) is 12.1 Å². The second kappa shape index (κ2) is 8.71. The molecular formula is C22H26F2N6O2. The molecular weight excluding hydrogens is 418 g/mol. The minimum atomic E-state index is -0.491. The number of ether oxygens (including phenoxy) is 2. The van der Waals surface area contributed by atoms with E-state index in [1.54, 1.807) is 12.1 Å². The van der Waals surface area contributed by atoms with E-state index in [9.17, 15) is 8.78 Å². The summed E-state index contributed by atoms with van der Waals surface area (Å²) in [5, 5.41) is 7.36. The van der Waals surface area contributed by atoms with E-state index < -0.39 is 5.82 Å². The van der Waals surface area contributed by atoms with Crippen molar-refractivity contribution in [3.63, 3.8) is 0 Å². The van der Waals surface area contributed by atoms with Crippen molar-refractivity contribution in [1.82, 2.24) is 19.7 Å². The molecule has 1 N–H and O–H groups in total. The molecule has 0 radical (unpaired) electrons. The van der Waals surface area contributed by atoms with Crippen molar-refractivity contribution in [3.05, 3.63) is 54.4 Å². The summed E-state index contributed by atoms with van der Waals surface area (Å²) in [6, 6.07) is 9.86. The molecule has 32 heavy (non-hydrogen) atoms. The van der Waals surface area contributed by atoms with E-state index >= 15 is 0 Å². The van der Waals surface area contributed by atoms with Crippen molar-refractivity contribution in [2.24, 2.45) is 0 Å². The third-order valence-corrected chi connectivity index (χ3v) is 5.85. The number of halogens is 2. The second-order valence-corrected chi connectivity index (χ2v) is 7.87. The van der Waals surface area contributed by atoms with Crippen molar-refractivity contribution in [1.29, 1.82) is 0 Å². The van der Waals surface area contributed by atoms with Crippen molar-refractivity contribution in [3.8, 4) is 11.4 Å². The van der Waals surface area contributed by atoms with Crippen LogP contribution in [0.1, 0.15) is 1.43 Å². The van der Waals surface area contributed by atoms with Crippen molar-refractivity contribution in [2.75, 3.05) is 56.7 Å². The van der Waals surface area contributed by atoms with Gasteiger partial charge < -0.3 is 19.7 Å². The Bertz CT molecular complexity index is 1100. The van der Waals surface area contributed by atoms with Crippen LogP contribution in [0.2, 0.25) is 0 Å². The number of benzene rings is 2. The Balaban J connectivity index is 0.00000259. The lowest BCUT2D eigenvalue weighted by Gasteiger charge is -2.43. The molecule has 10 heteroatoms. The van der Waals surface area contributed by atoms with Gasteiger partial charge in [0.25, 0.3) is 0 Å². The number of hydrogen-bond acceptors (Lipinski definition) is 7. The van der Waals surface area contributed by atoms with Gasteiger partial charge in [-0.3, -0.25) is 4.90 Å². The third kappa shape index (κ3) is 4.23. The molecule has 2 saturated heterocycles. The molecule has 0 bridgehead atoms. The highest BCUT2D eigenvalue weighted by Gasteiger charge is 2.29. The van der Waals surface area contributed by atoms with Crippen LogP contribution in [0, 0.1) is 11.6 Å². The zero-order chi connectivity index (χ0) is 22.1. The molecule has 0 aliphatic carbocycles. The van der Waals surface area contributed by atoms with Crippen molar-refractivity contribution >= 4 is 17.3 Å². The van der Waals surface area contributed by atoms with Gasteiger partial charge in [0.2, 0.25) is 5.95 Å². The molecule has 8 nitrogen and oxygen atoms in total. The molecule has 2 aromatic carbocycles. The SMILES string of the molecule is COc1ccc(-n2cnc(Nc3cc(F)cc(N4CCN(C5COC5)CC4)c3)n2)cc1F.[HH]. The first kappa shape index (κ1) is 20.7. The van der Waals surface area contributed by atoms with Gasteiger partial charge in [0.15, 0.2) is 11.6 Å². The maximum absolute atomic E-state index is 14.3. The summed E-state index contributed by atoms with van der Waals surface area (Å²) in [6.45, 7) is 5.12. The predicted octanol–water partition coefficient (Wildman–Crippen LogP) is 3.06. The summed E-state index contributed by atoms with van der Waals surface area (Å²) in [7, 11) is 1.41. The Hall–Kier alpha value is -3.24. The smallest absolute Gasteiger partial charge is 0.246 e. The number of hydrogen-bond donors (Lipinski definition) is 1. The van der Waals surface area contributed by atoms with Gasteiger partial charge in [0.05, 0.1) is 32.1 Å². The maximum atomic E-state index is 14.3. The van der Waals surface area contributed by atoms with Crippen molar-refractivity contribution < 1.29 is 19.7 Å². The number of aromatic nitrogens is 3. The summed E-state index contributed by atoms with van der Waals surface area (Å²) in [6.07, 6.45) is 1.47. The van der Waals surface area contributed by atoms with Gasteiger partial charge in [-0.05, 0) is 30.3 Å². The lowest BCUT2D eigenvalue weighted by atomic mass is 10.1. The van der Waals surface area contributed by atoms with E-state index in [-0.39, 0.29) is 18.9 Å². The van der Waals surface area contributed by atoms with Gasteiger partial charge in [-0.15, -0.1) is 5.10 Å². The molecule has 2 aliphatic heterocycles. The summed E-state index contributed by atoms with van der Waals surface area (Å²) in [5.41, 5.74) is 1.86.